The Labute approximate surface area is 130 Å². The highest BCUT2D eigenvalue weighted by molar-refractivity contribution is 5.69. The Bertz CT molecular complexity index is 528. The lowest BCUT2D eigenvalue weighted by Crippen LogP contribution is -2.51. The SMILES string of the molecule is CCN(CC(=O)O)C1CC(Nc2cc(NC3CC3)ncn2)C1. The summed E-state index contributed by atoms with van der Waals surface area (Å²) in [5, 5.41) is 15.7. The molecule has 2 fully saturated rings. The Balaban J connectivity index is 1.48. The van der Waals surface area contributed by atoms with Crippen molar-refractivity contribution in [3.05, 3.63) is 12.4 Å². The molecule has 22 heavy (non-hydrogen) atoms. The van der Waals surface area contributed by atoms with E-state index in [0.717, 1.165) is 31.0 Å². The van der Waals surface area contributed by atoms with E-state index in [1.807, 2.05) is 17.9 Å². The minimum atomic E-state index is -0.759. The molecule has 2 aliphatic rings. The van der Waals surface area contributed by atoms with Gasteiger partial charge < -0.3 is 15.7 Å². The summed E-state index contributed by atoms with van der Waals surface area (Å²) < 4.78 is 0. The predicted octanol–water partition coefficient (Wildman–Crippen LogP) is 1.40. The van der Waals surface area contributed by atoms with Gasteiger partial charge in [0.15, 0.2) is 0 Å². The van der Waals surface area contributed by atoms with Gasteiger partial charge in [-0.1, -0.05) is 6.92 Å². The molecule has 0 radical (unpaired) electrons. The van der Waals surface area contributed by atoms with Crippen LogP contribution in [0.4, 0.5) is 11.6 Å². The third-order valence-electron chi connectivity index (χ3n) is 4.32. The molecule has 0 spiro atoms. The van der Waals surface area contributed by atoms with Gasteiger partial charge in [0, 0.05) is 24.2 Å². The number of aliphatic carboxylic acids is 1. The lowest BCUT2D eigenvalue weighted by molar-refractivity contribution is -0.139. The average molecular weight is 305 g/mol. The Morgan fingerprint density at radius 1 is 1.27 bits per heavy atom. The summed E-state index contributed by atoms with van der Waals surface area (Å²) in [5.74, 6) is 0.949. The van der Waals surface area contributed by atoms with Crippen LogP contribution in [-0.2, 0) is 4.79 Å². The van der Waals surface area contributed by atoms with Gasteiger partial charge >= 0.3 is 5.97 Å². The maximum Gasteiger partial charge on any atom is 0.317 e. The molecule has 0 bridgehead atoms. The zero-order valence-corrected chi connectivity index (χ0v) is 12.8. The first kappa shape index (κ1) is 15.0. The van der Waals surface area contributed by atoms with Crippen molar-refractivity contribution in [2.24, 2.45) is 0 Å². The van der Waals surface area contributed by atoms with Crippen LogP contribution in [0.15, 0.2) is 12.4 Å². The molecule has 1 aromatic heterocycles. The van der Waals surface area contributed by atoms with Crippen molar-refractivity contribution in [2.45, 2.75) is 50.7 Å². The van der Waals surface area contributed by atoms with Crippen LogP contribution < -0.4 is 10.6 Å². The molecular formula is C15H23N5O2. The fraction of sp³-hybridized carbons (Fsp3) is 0.667. The number of rotatable bonds is 8. The topological polar surface area (TPSA) is 90.4 Å². The molecule has 2 saturated carbocycles. The molecule has 0 atom stereocenters. The first-order chi connectivity index (χ1) is 10.6. The predicted molar refractivity (Wildman–Crippen MR) is 84.0 cm³/mol. The van der Waals surface area contributed by atoms with Crippen molar-refractivity contribution in [3.63, 3.8) is 0 Å². The highest BCUT2D eigenvalue weighted by Gasteiger charge is 2.34. The number of hydrogen-bond acceptors (Lipinski definition) is 6. The Morgan fingerprint density at radius 3 is 2.45 bits per heavy atom. The molecule has 3 N–H and O–H groups in total. The van der Waals surface area contributed by atoms with Crippen molar-refractivity contribution in [1.29, 1.82) is 0 Å². The second-order valence-corrected chi connectivity index (χ2v) is 6.13. The van der Waals surface area contributed by atoms with E-state index in [0.29, 0.717) is 18.1 Å². The molecule has 3 rings (SSSR count). The number of anilines is 2. The second-order valence-electron chi connectivity index (χ2n) is 6.13. The van der Waals surface area contributed by atoms with Crippen LogP contribution in [0, 0.1) is 0 Å². The van der Waals surface area contributed by atoms with Crippen LogP contribution in [0.2, 0.25) is 0 Å². The van der Waals surface area contributed by atoms with Crippen molar-refractivity contribution >= 4 is 17.6 Å². The summed E-state index contributed by atoms with van der Waals surface area (Å²) in [7, 11) is 0. The maximum absolute atomic E-state index is 10.8. The van der Waals surface area contributed by atoms with E-state index in [9.17, 15) is 4.79 Å². The molecule has 7 nitrogen and oxygen atoms in total. The van der Waals surface area contributed by atoms with E-state index in [-0.39, 0.29) is 6.54 Å². The molecule has 0 aromatic carbocycles. The highest BCUT2D eigenvalue weighted by Crippen LogP contribution is 2.29. The van der Waals surface area contributed by atoms with Gasteiger partial charge in [-0.3, -0.25) is 9.69 Å². The quantitative estimate of drug-likeness (QED) is 0.669. The molecule has 1 heterocycles. The van der Waals surface area contributed by atoms with Crippen LogP contribution >= 0.6 is 0 Å². The summed E-state index contributed by atoms with van der Waals surface area (Å²) in [4.78, 5) is 21.3. The number of carboxylic acids is 1. The number of carboxylic acid groups (broad SMARTS) is 1. The number of likely N-dealkylation sites (N-methyl/N-ethyl adjacent to an activating group) is 1. The van der Waals surface area contributed by atoms with Crippen LogP contribution in [-0.4, -0.2) is 57.2 Å². The zero-order chi connectivity index (χ0) is 15.5. The Hall–Kier alpha value is -1.89. The lowest BCUT2D eigenvalue weighted by Gasteiger charge is -2.42. The minimum absolute atomic E-state index is 0.122. The van der Waals surface area contributed by atoms with Crippen LogP contribution in [0.5, 0.6) is 0 Å². The minimum Gasteiger partial charge on any atom is -0.480 e. The summed E-state index contributed by atoms with van der Waals surface area (Å²) in [6.45, 7) is 2.90. The normalized spacial score (nSPS) is 23.9. The molecule has 120 valence electrons. The van der Waals surface area contributed by atoms with Crippen LogP contribution in [0.3, 0.4) is 0 Å². The van der Waals surface area contributed by atoms with E-state index in [1.165, 1.54) is 12.8 Å². The second kappa shape index (κ2) is 6.48. The first-order valence-corrected chi connectivity index (χ1v) is 7.95. The third-order valence-corrected chi connectivity index (χ3v) is 4.32. The van der Waals surface area contributed by atoms with Gasteiger partial charge in [-0.15, -0.1) is 0 Å². The highest BCUT2D eigenvalue weighted by atomic mass is 16.4. The van der Waals surface area contributed by atoms with E-state index in [2.05, 4.69) is 20.6 Å². The number of hydrogen-bond donors (Lipinski definition) is 3. The summed E-state index contributed by atoms with van der Waals surface area (Å²) in [6.07, 6.45) is 5.92. The van der Waals surface area contributed by atoms with E-state index >= 15 is 0 Å². The smallest absolute Gasteiger partial charge is 0.317 e. The fourth-order valence-electron chi connectivity index (χ4n) is 2.84. The zero-order valence-electron chi connectivity index (χ0n) is 12.8. The van der Waals surface area contributed by atoms with E-state index in [4.69, 9.17) is 5.11 Å². The molecule has 1 aromatic rings. The van der Waals surface area contributed by atoms with Crippen LogP contribution in [0.25, 0.3) is 0 Å². The summed E-state index contributed by atoms with van der Waals surface area (Å²) >= 11 is 0. The van der Waals surface area contributed by atoms with Gasteiger partial charge in [-0.25, -0.2) is 9.97 Å². The van der Waals surface area contributed by atoms with Gasteiger partial charge in [0.25, 0.3) is 0 Å². The van der Waals surface area contributed by atoms with Gasteiger partial charge in [0.05, 0.1) is 6.54 Å². The number of nitrogens with zero attached hydrogens (tertiary/aromatic N) is 3. The Kier molecular flexibility index (Phi) is 4.42. The van der Waals surface area contributed by atoms with Crippen molar-refractivity contribution in [1.82, 2.24) is 14.9 Å². The summed E-state index contributed by atoms with van der Waals surface area (Å²) in [6, 6.07) is 3.23. The molecule has 0 amide bonds. The lowest BCUT2D eigenvalue weighted by atomic mass is 9.85. The van der Waals surface area contributed by atoms with E-state index < -0.39 is 5.97 Å². The van der Waals surface area contributed by atoms with Gasteiger partial charge in [-0.2, -0.15) is 0 Å². The average Bonchev–Trinajstić information content (AvgIpc) is 3.24. The number of aromatic nitrogens is 2. The first-order valence-electron chi connectivity index (χ1n) is 7.95. The van der Waals surface area contributed by atoms with Gasteiger partial charge in [-0.05, 0) is 32.2 Å². The monoisotopic (exact) mass is 305 g/mol. The largest absolute Gasteiger partial charge is 0.480 e. The Morgan fingerprint density at radius 2 is 1.91 bits per heavy atom. The van der Waals surface area contributed by atoms with Gasteiger partial charge in [0.2, 0.25) is 0 Å². The maximum atomic E-state index is 10.8. The molecular weight excluding hydrogens is 282 g/mol. The fourth-order valence-corrected chi connectivity index (χ4v) is 2.84. The van der Waals surface area contributed by atoms with Crippen molar-refractivity contribution < 1.29 is 9.90 Å². The molecule has 2 aliphatic carbocycles. The molecule has 0 unspecified atom stereocenters. The van der Waals surface area contributed by atoms with Crippen molar-refractivity contribution in [2.75, 3.05) is 23.7 Å². The molecule has 0 saturated heterocycles. The number of carbonyl (C=O) groups is 1. The standard InChI is InChI=1S/C15H23N5O2/c1-2-20(8-15(21)22)12-5-11(6-12)19-14-7-13(16-9-17-14)18-10-3-4-10/h7,9-12H,2-6,8H2,1H3,(H,21,22)(H2,16,17,18,19). The molecule has 7 heteroatoms. The number of nitrogens with one attached hydrogen (secondary N) is 2. The van der Waals surface area contributed by atoms with E-state index in [1.54, 1.807) is 6.33 Å². The van der Waals surface area contributed by atoms with Crippen molar-refractivity contribution in [3.8, 4) is 0 Å². The summed E-state index contributed by atoms with van der Waals surface area (Å²) in [5.41, 5.74) is 0. The van der Waals surface area contributed by atoms with Gasteiger partial charge in [0.1, 0.15) is 18.0 Å². The third kappa shape index (κ3) is 3.85. The van der Waals surface area contributed by atoms with Crippen LogP contribution in [0.1, 0.15) is 32.6 Å². The molecule has 0 aliphatic heterocycles.